The van der Waals surface area contributed by atoms with Crippen molar-refractivity contribution in [2.45, 2.75) is 6.54 Å². The molecule has 0 aromatic carbocycles. The van der Waals surface area contributed by atoms with Crippen LogP contribution in [0.4, 0.5) is 4.39 Å². The summed E-state index contributed by atoms with van der Waals surface area (Å²) < 4.78 is 13.6. The Morgan fingerprint density at radius 3 is 2.71 bits per heavy atom. The normalized spacial score (nSPS) is 11.8. The predicted octanol–water partition coefficient (Wildman–Crippen LogP) is 4.89. The van der Waals surface area contributed by atoms with Crippen molar-refractivity contribution < 1.29 is 4.39 Å². The molecule has 6 aromatic rings. The van der Waals surface area contributed by atoms with Gasteiger partial charge in [-0.05, 0) is 43.9 Å². The third-order valence-corrected chi connectivity index (χ3v) is 6.40. The zero-order chi connectivity index (χ0) is 23.2. The van der Waals surface area contributed by atoms with Crippen molar-refractivity contribution in [2.24, 2.45) is 0 Å². The Labute approximate surface area is 197 Å². The van der Waals surface area contributed by atoms with Crippen LogP contribution in [-0.2, 0) is 6.54 Å². The Hall–Kier alpha value is -4.02. The fraction of sp³-hybridized carbons (Fsp3) is 0.125. The lowest BCUT2D eigenvalue weighted by Gasteiger charge is -2.10. The number of halogens is 1. The number of H-pyrrole nitrogens is 2. The van der Waals surface area contributed by atoms with Crippen molar-refractivity contribution in [1.82, 2.24) is 40.0 Å². The number of thiophene rings is 1. The second kappa shape index (κ2) is 8.08. The van der Waals surface area contributed by atoms with Gasteiger partial charge in [0.15, 0.2) is 11.0 Å². The highest BCUT2D eigenvalue weighted by molar-refractivity contribution is 7.14. The van der Waals surface area contributed by atoms with E-state index in [1.54, 1.807) is 24.7 Å². The van der Waals surface area contributed by atoms with Gasteiger partial charge in [0.2, 0.25) is 0 Å². The SMILES string of the molecule is CN(C)Cc1cncc(-c2cc3c(-c4nc5c(-c6ccc(F)s6)cncc5[nH]4)n[nH]c3cn2)c1. The minimum Gasteiger partial charge on any atom is -0.335 e. The number of hydrogen-bond donors (Lipinski definition) is 2. The van der Waals surface area contributed by atoms with Crippen molar-refractivity contribution >= 4 is 33.3 Å². The third kappa shape index (κ3) is 3.62. The van der Waals surface area contributed by atoms with Gasteiger partial charge in [-0.3, -0.25) is 20.1 Å². The first-order chi connectivity index (χ1) is 16.5. The Morgan fingerprint density at radius 1 is 1.00 bits per heavy atom. The van der Waals surface area contributed by atoms with Gasteiger partial charge in [-0.2, -0.15) is 9.49 Å². The van der Waals surface area contributed by atoms with E-state index in [4.69, 9.17) is 4.98 Å². The Kier molecular flexibility index (Phi) is 4.89. The van der Waals surface area contributed by atoms with Crippen LogP contribution in [0.2, 0.25) is 0 Å². The number of nitrogens with zero attached hydrogens (tertiary/aromatic N) is 6. The van der Waals surface area contributed by atoms with Crippen molar-refractivity contribution in [1.29, 1.82) is 0 Å². The average molecular weight is 471 g/mol. The van der Waals surface area contributed by atoms with E-state index >= 15 is 0 Å². The first kappa shape index (κ1) is 20.6. The molecule has 0 atom stereocenters. The molecule has 0 radical (unpaired) electrons. The third-order valence-electron chi connectivity index (χ3n) is 5.49. The lowest BCUT2D eigenvalue weighted by molar-refractivity contribution is 0.402. The summed E-state index contributed by atoms with van der Waals surface area (Å²) in [7, 11) is 4.05. The van der Waals surface area contributed by atoms with Crippen LogP contribution in [0.5, 0.6) is 0 Å². The number of nitrogens with one attached hydrogen (secondary N) is 2. The molecule has 0 saturated heterocycles. The molecule has 34 heavy (non-hydrogen) atoms. The minimum absolute atomic E-state index is 0.245. The van der Waals surface area contributed by atoms with Gasteiger partial charge in [0.25, 0.3) is 0 Å². The molecule has 0 amide bonds. The highest BCUT2D eigenvalue weighted by atomic mass is 32.1. The molecule has 6 aromatic heterocycles. The Bertz CT molecular complexity index is 1650. The second-order valence-corrected chi connectivity index (χ2v) is 9.31. The van der Waals surface area contributed by atoms with E-state index in [0.717, 1.165) is 67.1 Å². The number of rotatable bonds is 5. The van der Waals surface area contributed by atoms with Crippen LogP contribution in [-0.4, -0.2) is 54.1 Å². The highest BCUT2D eigenvalue weighted by Gasteiger charge is 2.17. The topological polar surface area (TPSA) is 99.3 Å². The van der Waals surface area contributed by atoms with E-state index in [0.29, 0.717) is 11.5 Å². The molecule has 0 bridgehead atoms. The van der Waals surface area contributed by atoms with Crippen LogP contribution in [0.3, 0.4) is 0 Å². The van der Waals surface area contributed by atoms with Gasteiger partial charge in [0, 0.05) is 46.5 Å². The molecular formula is C24H19FN8S. The summed E-state index contributed by atoms with van der Waals surface area (Å²) >= 11 is 1.07. The number of fused-ring (bicyclic) bond motifs is 2. The maximum absolute atomic E-state index is 13.6. The molecule has 0 aliphatic carbocycles. The van der Waals surface area contributed by atoms with Crippen molar-refractivity contribution in [3.05, 3.63) is 65.9 Å². The van der Waals surface area contributed by atoms with Crippen LogP contribution in [0.25, 0.3) is 55.2 Å². The summed E-state index contributed by atoms with van der Waals surface area (Å²) in [5.74, 6) is 0.601. The van der Waals surface area contributed by atoms with E-state index in [2.05, 4.69) is 41.1 Å². The van der Waals surface area contributed by atoms with Crippen LogP contribution in [0, 0.1) is 5.13 Å². The second-order valence-electron chi connectivity index (χ2n) is 8.28. The Morgan fingerprint density at radius 2 is 1.88 bits per heavy atom. The van der Waals surface area contributed by atoms with Crippen LogP contribution >= 0.6 is 11.3 Å². The molecular weight excluding hydrogens is 451 g/mol. The average Bonchev–Trinajstić information content (AvgIpc) is 3.55. The Balaban J connectivity index is 1.45. The summed E-state index contributed by atoms with van der Waals surface area (Å²) in [6, 6.07) is 7.28. The van der Waals surface area contributed by atoms with E-state index in [1.807, 2.05) is 32.6 Å². The van der Waals surface area contributed by atoms with Gasteiger partial charge >= 0.3 is 0 Å². The van der Waals surface area contributed by atoms with Gasteiger partial charge in [-0.25, -0.2) is 4.98 Å². The lowest BCUT2D eigenvalue weighted by Crippen LogP contribution is -2.10. The molecule has 6 heterocycles. The number of aromatic nitrogens is 7. The maximum atomic E-state index is 13.6. The molecule has 0 fully saturated rings. The predicted molar refractivity (Wildman–Crippen MR) is 131 cm³/mol. The number of aromatic amines is 2. The summed E-state index contributed by atoms with van der Waals surface area (Å²) in [6.07, 6.45) is 8.86. The van der Waals surface area contributed by atoms with Gasteiger partial charge in [0.1, 0.15) is 11.2 Å². The quantitative estimate of drug-likeness (QED) is 0.372. The van der Waals surface area contributed by atoms with Gasteiger partial charge < -0.3 is 9.88 Å². The van der Waals surface area contributed by atoms with Gasteiger partial charge in [0.05, 0.1) is 29.1 Å². The zero-order valence-electron chi connectivity index (χ0n) is 18.4. The molecule has 8 nitrogen and oxygen atoms in total. The molecule has 10 heteroatoms. The number of pyridine rings is 3. The largest absolute Gasteiger partial charge is 0.335 e. The van der Waals surface area contributed by atoms with Gasteiger partial charge in [-0.1, -0.05) is 0 Å². The monoisotopic (exact) mass is 470 g/mol. The minimum atomic E-state index is -0.245. The van der Waals surface area contributed by atoms with Crippen molar-refractivity contribution in [2.75, 3.05) is 14.1 Å². The number of hydrogen-bond acceptors (Lipinski definition) is 7. The van der Waals surface area contributed by atoms with Gasteiger partial charge in [-0.15, -0.1) is 11.3 Å². The standard InChI is InChI=1S/C24H19FN8S/c1-33(2)12-13-5-14(8-26-7-13)17-6-15-18(11-28-17)31-32-23(15)24-29-19-10-27-9-16(22(19)30-24)20-3-4-21(25)34-20/h3-11H,12H2,1-2H3,(H,29,30)(H,31,32). The fourth-order valence-electron chi connectivity index (χ4n) is 4.02. The van der Waals surface area contributed by atoms with Crippen molar-refractivity contribution in [3.63, 3.8) is 0 Å². The first-order valence-corrected chi connectivity index (χ1v) is 11.4. The van der Waals surface area contributed by atoms with Crippen LogP contribution in [0.15, 0.2) is 55.2 Å². The fourth-order valence-corrected chi connectivity index (χ4v) is 4.76. The zero-order valence-corrected chi connectivity index (χ0v) is 19.2. The summed E-state index contributed by atoms with van der Waals surface area (Å²) in [5.41, 5.74) is 6.58. The molecule has 0 aliphatic heterocycles. The van der Waals surface area contributed by atoms with E-state index in [-0.39, 0.29) is 5.13 Å². The number of imidazole rings is 1. The summed E-state index contributed by atoms with van der Waals surface area (Å²) in [5, 5.41) is 8.18. The van der Waals surface area contributed by atoms with Crippen LogP contribution in [0.1, 0.15) is 5.56 Å². The molecule has 0 aliphatic rings. The van der Waals surface area contributed by atoms with E-state index in [1.165, 1.54) is 6.07 Å². The van der Waals surface area contributed by atoms with E-state index < -0.39 is 0 Å². The summed E-state index contributed by atoms with van der Waals surface area (Å²) in [6.45, 7) is 0.795. The smallest absolute Gasteiger partial charge is 0.176 e. The van der Waals surface area contributed by atoms with Crippen molar-refractivity contribution in [3.8, 4) is 33.2 Å². The van der Waals surface area contributed by atoms with E-state index in [9.17, 15) is 4.39 Å². The molecule has 0 spiro atoms. The molecule has 6 rings (SSSR count). The van der Waals surface area contributed by atoms with Crippen LogP contribution < -0.4 is 0 Å². The molecule has 2 N–H and O–H groups in total. The molecule has 0 unspecified atom stereocenters. The molecule has 0 saturated carbocycles. The summed E-state index contributed by atoms with van der Waals surface area (Å²) in [4.78, 5) is 24.3. The lowest BCUT2D eigenvalue weighted by atomic mass is 10.1. The maximum Gasteiger partial charge on any atom is 0.176 e. The first-order valence-electron chi connectivity index (χ1n) is 10.6. The highest BCUT2D eigenvalue weighted by Crippen LogP contribution is 2.34. The molecule has 168 valence electrons.